The molecule has 8 heteroatoms. The second kappa shape index (κ2) is 5.87. The fourth-order valence-electron chi connectivity index (χ4n) is 3.59. The fraction of sp³-hybridized carbons (Fsp3) is 0.412. The van der Waals surface area contributed by atoms with E-state index in [-0.39, 0.29) is 17.6 Å². The average Bonchev–Trinajstić information content (AvgIpc) is 3.34. The molecule has 0 radical (unpaired) electrons. The first-order valence-electron chi connectivity index (χ1n) is 8.44. The molecule has 4 heterocycles. The van der Waals surface area contributed by atoms with E-state index in [0.717, 1.165) is 11.9 Å². The highest BCUT2D eigenvalue weighted by Gasteiger charge is 2.32. The van der Waals surface area contributed by atoms with Crippen molar-refractivity contribution < 1.29 is 4.79 Å². The molecule has 0 aliphatic carbocycles. The van der Waals surface area contributed by atoms with Crippen LogP contribution >= 0.6 is 0 Å². The molecular weight excluding hydrogens is 320 g/mol. The molecule has 0 aromatic carbocycles. The van der Waals surface area contributed by atoms with E-state index in [2.05, 4.69) is 10.1 Å². The Hall–Kier alpha value is -2.90. The van der Waals surface area contributed by atoms with Gasteiger partial charge in [0.2, 0.25) is 0 Å². The van der Waals surface area contributed by atoms with E-state index in [1.54, 1.807) is 44.2 Å². The maximum Gasteiger partial charge on any atom is 0.330 e. The van der Waals surface area contributed by atoms with Crippen LogP contribution in [0.1, 0.15) is 29.9 Å². The number of fused-ring (bicyclic) bond motifs is 1. The molecule has 1 fully saturated rings. The summed E-state index contributed by atoms with van der Waals surface area (Å²) in [5, 5.41) is 4.16. The lowest BCUT2D eigenvalue weighted by atomic mass is 10.2. The molecular formula is C17H20N6O2. The molecule has 0 spiro atoms. The highest BCUT2D eigenvalue weighted by molar-refractivity contribution is 5.92. The van der Waals surface area contributed by atoms with Crippen molar-refractivity contribution in [2.45, 2.75) is 25.9 Å². The quantitative estimate of drug-likeness (QED) is 0.714. The Morgan fingerprint density at radius 1 is 1.32 bits per heavy atom. The summed E-state index contributed by atoms with van der Waals surface area (Å²) in [4.78, 5) is 31.6. The van der Waals surface area contributed by atoms with Crippen LogP contribution in [0.25, 0.3) is 11.2 Å². The van der Waals surface area contributed by atoms with Crippen LogP contribution in [-0.2, 0) is 13.6 Å². The number of likely N-dealkylation sites (tertiary alicyclic amines) is 1. The molecule has 0 saturated carbocycles. The van der Waals surface area contributed by atoms with Crippen LogP contribution in [0.2, 0.25) is 0 Å². The molecule has 3 aromatic heterocycles. The number of hydrogen-bond acceptors (Lipinski definition) is 4. The predicted molar refractivity (Wildman–Crippen MR) is 92.4 cm³/mol. The Morgan fingerprint density at radius 3 is 2.96 bits per heavy atom. The van der Waals surface area contributed by atoms with Gasteiger partial charge in [-0.1, -0.05) is 0 Å². The van der Waals surface area contributed by atoms with Gasteiger partial charge in [-0.25, -0.2) is 9.78 Å². The first kappa shape index (κ1) is 15.6. The maximum absolute atomic E-state index is 12.8. The van der Waals surface area contributed by atoms with Crippen LogP contribution in [-0.4, -0.2) is 47.8 Å². The Balaban J connectivity index is 1.65. The van der Waals surface area contributed by atoms with Gasteiger partial charge < -0.3 is 4.90 Å². The van der Waals surface area contributed by atoms with Crippen molar-refractivity contribution in [3.63, 3.8) is 0 Å². The van der Waals surface area contributed by atoms with E-state index in [0.29, 0.717) is 31.0 Å². The van der Waals surface area contributed by atoms with Crippen LogP contribution < -0.4 is 5.69 Å². The molecule has 1 aliphatic heterocycles. The summed E-state index contributed by atoms with van der Waals surface area (Å²) in [6, 6.07) is 5.39. The van der Waals surface area contributed by atoms with Crippen molar-refractivity contribution in [3.05, 3.63) is 46.8 Å². The van der Waals surface area contributed by atoms with Crippen LogP contribution in [0.15, 0.2) is 35.4 Å². The van der Waals surface area contributed by atoms with Gasteiger partial charge >= 0.3 is 5.69 Å². The first-order chi connectivity index (χ1) is 12.1. The highest BCUT2D eigenvalue weighted by atomic mass is 16.2. The molecule has 3 aromatic rings. The van der Waals surface area contributed by atoms with Gasteiger partial charge in [-0.2, -0.15) is 5.10 Å². The Kier molecular flexibility index (Phi) is 3.67. The minimum atomic E-state index is -0.0911. The molecule has 0 N–H and O–H groups in total. The third kappa shape index (κ3) is 2.36. The summed E-state index contributed by atoms with van der Waals surface area (Å²) in [5.41, 5.74) is 1.98. The first-order valence-corrected chi connectivity index (χ1v) is 8.44. The van der Waals surface area contributed by atoms with E-state index >= 15 is 0 Å². The van der Waals surface area contributed by atoms with Crippen molar-refractivity contribution in [2.24, 2.45) is 7.05 Å². The van der Waals surface area contributed by atoms with Crippen molar-refractivity contribution in [2.75, 3.05) is 13.1 Å². The van der Waals surface area contributed by atoms with Crippen LogP contribution in [0.4, 0.5) is 0 Å². The number of aromatic nitrogens is 5. The largest absolute Gasteiger partial charge is 0.335 e. The summed E-state index contributed by atoms with van der Waals surface area (Å²) >= 11 is 0. The molecule has 1 amide bonds. The monoisotopic (exact) mass is 340 g/mol. The number of carbonyl (C=O) groups is 1. The van der Waals surface area contributed by atoms with Gasteiger partial charge in [0.25, 0.3) is 5.91 Å². The van der Waals surface area contributed by atoms with E-state index in [1.807, 2.05) is 19.1 Å². The Labute approximate surface area is 144 Å². The third-order valence-electron chi connectivity index (χ3n) is 4.90. The van der Waals surface area contributed by atoms with Gasteiger partial charge in [0, 0.05) is 39.1 Å². The second-order valence-corrected chi connectivity index (χ2v) is 6.28. The number of amides is 1. The molecule has 130 valence electrons. The average molecular weight is 340 g/mol. The molecule has 8 nitrogen and oxygen atoms in total. The molecule has 0 bridgehead atoms. The molecule has 0 unspecified atom stereocenters. The second-order valence-electron chi connectivity index (χ2n) is 6.28. The zero-order chi connectivity index (χ0) is 17.6. The topological polar surface area (TPSA) is 78.0 Å². The number of aryl methyl sites for hydroxylation is 2. The van der Waals surface area contributed by atoms with Gasteiger partial charge in [-0.05, 0) is 31.5 Å². The Morgan fingerprint density at radius 2 is 2.16 bits per heavy atom. The summed E-state index contributed by atoms with van der Waals surface area (Å²) in [6.45, 7) is 3.73. The minimum Gasteiger partial charge on any atom is -0.335 e. The smallest absolute Gasteiger partial charge is 0.330 e. The lowest BCUT2D eigenvalue weighted by Crippen LogP contribution is -2.33. The number of hydrogen-bond donors (Lipinski definition) is 0. The van der Waals surface area contributed by atoms with E-state index in [9.17, 15) is 9.59 Å². The Bertz CT molecular complexity index is 998. The lowest BCUT2D eigenvalue weighted by Gasteiger charge is -2.17. The number of pyridine rings is 1. The molecule has 1 aliphatic rings. The highest BCUT2D eigenvalue weighted by Crippen LogP contribution is 2.25. The van der Waals surface area contributed by atoms with Gasteiger partial charge in [-0.3, -0.25) is 18.6 Å². The maximum atomic E-state index is 12.8. The minimum absolute atomic E-state index is 0.0388. The number of nitrogens with zero attached hydrogens (tertiary/aromatic N) is 6. The molecule has 4 rings (SSSR count). The van der Waals surface area contributed by atoms with Gasteiger partial charge in [0.15, 0.2) is 5.65 Å². The van der Waals surface area contributed by atoms with Gasteiger partial charge in [-0.15, -0.1) is 0 Å². The molecule has 1 saturated heterocycles. The normalized spacial score (nSPS) is 17.5. The number of rotatable bonds is 3. The molecule has 25 heavy (non-hydrogen) atoms. The van der Waals surface area contributed by atoms with Crippen LogP contribution in [0, 0.1) is 0 Å². The molecule has 1 atom stereocenters. The van der Waals surface area contributed by atoms with Crippen molar-refractivity contribution in [1.82, 2.24) is 28.8 Å². The standard InChI is InChI=1S/C17H20N6O2/c1-3-22-14(6-9-19-22)16(24)21-10-7-12(11-21)23-15-13(5-4-8-18-15)20(2)17(23)25/h4-6,8-9,12H,3,7,10-11H2,1-2H3/t12-/m1/s1. The summed E-state index contributed by atoms with van der Waals surface area (Å²) in [5.74, 6) is -0.0388. The third-order valence-corrected chi connectivity index (χ3v) is 4.90. The van der Waals surface area contributed by atoms with Crippen molar-refractivity contribution in [3.8, 4) is 0 Å². The zero-order valence-corrected chi connectivity index (χ0v) is 14.3. The number of carbonyl (C=O) groups excluding carboxylic acids is 1. The van der Waals surface area contributed by atoms with Gasteiger partial charge in [0.1, 0.15) is 5.69 Å². The number of imidazole rings is 1. The van der Waals surface area contributed by atoms with Crippen LogP contribution in [0.5, 0.6) is 0 Å². The van der Waals surface area contributed by atoms with E-state index < -0.39 is 0 Å². The SMILES string of the molecule is CCn1nccc1C(=O)N1CC[C@@H](n2c(=O)n(C)c3cccnc32)C1. The van der Waals surface area contributed by atoms with Crippen LogP contribution in [0.3, 0.4) is 0 Å². The predicted octanol–water partition coefficient (Wildman–Crippen LogP) is 1.04. The lowest BCUT2D eigenvalue weighted by molar-refractivity contribution is 0.0775. The fourth-order valence-corrected chi connectivity index (χ4v) is 3.59. The summed E-state index contributed by atoms with van der Waals surface area (Å²) in [7, 11) is 1.75. The summed E-state index contributed by atoms with van der Waals surface area (Å²) < 4.78 is 5.03. The van der Waals surface area contributed by atoms with Crippen molar-refractivity contribution >= 4 is 17.1 Å². The van der Waals surface area contributed by atoms with E-state index in [1.165, 1.54) is 0 Å². The van der Waals surface area contributed by atoms with Crippen molar-refractivity contribution in [1.29, 1.82) is 0 Å². The zero-order valence-electron chi connectivity index (χ0n) is 14.3. The van der Waals surface area contributed by atoms with E-state index in [4.69, 9.17) is 0 Å². The van der Waals surface area contributed by atoms with Gasteiger partial charge in [0.05, 0.1) is 11.6 Å². The summed E-state index contributed by atoms with van der Waals surface area (Å²) in [6.07, 6.45) is 4.07.